The second-order valence-corrected chi connectivity index (χ2v) is 6.47. The van der Waals surface area contributed by atoms with E-state index in [-0.39, 0.29) is 5.91 Å². The lowest BCUT2D eigenvalue weighted by atomic mass is 9.95. The van der Waals surface area contributed by atoms with Gasteiger partial charge in [-0.1, -0.05) is 6.92 Å². The molecule has 1 saturated heterocycles. The molecule has 0 bridgehead atoms. The highest BCUT2D eigenvalue weighted by atomic mass is 16.5. The second kappa shape index (κ2) is 5.49. The van der Waals surface area contributed by atoms with Crippen LogP contribution in [0.2, 0.25) is 0 Å². The van der Waals surface area contributed by atoms with Crippen LogP contribution < -0.4 is 9.47 Å². The molecule has 4 rings (SSSR count). The molecule has 0 N–H and O–H groups in total. The zero-order valence-corrected chi connectivity index (χ0v) is 13.2. The average Bonchev–Trinajstić information content (AvgIpc) is 3.20. The molecular weight excluding hydrogens is 278 g/mol. The van der Waals surface area contributed by atoms with Gasteiger partial charge in [-0.2, -0.15) is 0 Å². The van der Waals surface area contributed by atoms with E-state index in [4.69, 9.17) is 9.47 Å². The Morgan fingerprint density at radius 3 is 3.00 bits per heavy atom. The molecule has 1 aromatic rings. The first-order valence-electron chi connectivity index (χ1n) is 8.55. The fraction of sp³-hybridized carbons (Fsp3) is 0.611. The van der Waals surface area contributed by atoms with Crippen LogP contribution in [0.3, 0.4) is 0 Å². The molecule has 0 radical (unpaired) electrons. The van der Waals surface area contributed by atoms with E-state index in [2.05, 4.69) is 17.9 Å². The normalized spacial score (nSPS) is 22.8. The quantitative estimate of drug-likeness (QED) is 0.843. The number of piperidine rings is 1. The van der Waals surface area contributed by atoms with E-state index in [0.717, 1.165) is 66.8 Å². The van der Waals surface area contributed by atoms with Crippen LogP contribution in [-0.4, -0.2) is 36.6 Å². The van der Waals surface area contributed by atoms with Crippen molar-refractivity contribution < 1.29 is 14.3 Å². The fourth-order valence-electron chi connectivity index (χ4n) is 4.05. The van der Waals surface area contributed by atoms with Crippen molar-refractivity contribution >= 4 is 5.91 Å². The van der Waals surface area contributed by atoms with Crippen molar-refractivity contribution in [3.8, 4) is 11.5 Å². The number of rotatable bonds is 2. The summed E-state index contributed by atoms with van der Waals surface area (Å²) >= 11 is 0. The van der Waals surface area contributed by atoms with Crippen molar-refractivity contribution in [2.24, 2.45) is 0 Å². The van der Waals surface area contributed by atoms with Crippen molar-refractivity contribution in [2.45, 2.75) is 51.5 Å². The third kappa shape index (κ3) is 2.08. The van der Waals surface area contributed by atoms with E-state index < -0.39 is 0 Å². The van der Waals surface area contributed by atoms with E-state index >= 15 is 0 Å². The van der Waals surface area contributed by atoms with Crippen LogP contribution in [-0.2, 0) is 12.8 Å². The van der Waals surface area contributed by atoms with Crippen LogP contribution >= 0.6 is 0 Å². The molecule has 3 aliphatic heterocycles. The number of fused-ring (bicyclic) bond motifs is 2. The summed E-state index contributed by atoms with van der Waals surface area (Å²) in [7, 11) is 0. The first-order valence-corrected chi connectivity index (χ1v) is 8.55. The van der Waals surface area contributed by atoms with E-state index in [1.165, 1.54) is 6.42 Å². The summed E-state index contributed by atoms with van der Waals surface area (Å²) in [5.74, 6) is 1.89. The highest BCUT2D eigenvalue weighted by Gasteiger charge is 2.35. The Morgan fingerprint density at radius 2 is 2.14 bits per heavy atom. The number of hydrogen-bond donors (Lipinski definition) is 0. The minimum Gasteiger partial charge on any atom is -0.493 e. The van der Waals surface area contributed by atoms with Crippen molar-refractivity contribution in [1.29, 1.82) is 0 Å². The van der Waals surface area contributed by atoms with Gasteiger partial charge in [0.1, 0.15) is 11.5 Å². The lowest BCUT2D eigenvalue weighted by molar-refractivity contribution is 0.0603. The first kappa shape index (κ1) is 13.9. The smallest absolute Gasteiger partial charge is 0.258 e. The Labute approximate surface area is 131 Å². The predicted octanol–water partition coefficient (Wildman–Crippen LogP) is 2.96. The van der Waals surface area contributed by atoms with E-state index in [9.17, 15) is 4.79 Å². The van der Waals surface area contributed by atoms with Crippen LogP contribution in [0.15, 0.2) is 6.07 Å². The third-order valence-electron chi connectivity index (χ3n) is 5.22. The Kier molecular flexibility index (Phi) is 3.47. The average molecular weight is 301 g/mol. The van der Waals surface area contributed by atoms with Crippen LogP contribution in [0.1, 0.15) is 54.1 Å². The Hall–Kier alpha value is -1.71. The Morgan fingerprint density at radius 1 is 1.27 bits per heavy atom. The number of likely N-dealkylation sites (tertiary alicyclic amines) is 1. The molecule has 0 saturated carbocycles. The molecule has 0 spiro atoms. The van der Waals surface area contributed by atoms with Crippen LogP contribution in [0, 0.1) is 0 Å². The maximum Gasteiger partial charge on any atom is 0.258 e. The molecule has 1 atom stereocenters. The molecular formula is C18H23NO3. The summed E-state index contributed by atoms with van der Waals surface area (Å²) in [6.07, 6.45) is 6.18. The molecule has 1 amide bonds. The van der Waals surface area contributed by atoms with E-state index in [1.54, 1.807) is 0 Å². The van der Waals surface area contributed by atoms with Gasteiger partial charge >= 0.3 is 0 Å². The van der Waals surface area contributed by atoms with Gasteiger partial charge in [-0.3, -0.25) is 4.79 Å². The second-order valence-electron chi connectivity index (χ2n) is 6.47. The molecule has 3 heterocycles. The maximum absolute atomic E-state index is 13.3. The zero-order valence-electron chi connectivity index (χ0n) is 13.2. The highest BCUT2D eigenvalue weighted by molar-refractivity contribution is 6.00. The summed E-state index contributed by atoms with van der Waals surface area (Å²) in [6.45, 7) is 4.40. The topological polar surface area (TPSA) is 38.8 Å². The van der Waals surface area contributed by atoms with Crippen LogP contribution in [0.25, 0.3) is 0 Å². The minimum atomic E-state index is 0.159. The number of carbonyl (C=O) groups is 1. The van der Waals surface area contributed by atoms with Crippen molar-refractivity contribution in [1.82, 2.24) is 4.90 Å². The van der Waals surface area contributed by atoms with Gasteiger partial charge in [0.25, 0.3) is 5.91 Å². The van der Waals surface area contributed by atoms with E-state index in [0.29, 0.717) is 19.3 Å². The molecule has 1 fully saturated rings. The summed E-state index contributed by atoms with van der Waals surface area (Å²) in [5.41, 5.74) is 2.99. The molecule has 4 nitrogen and oxygen atoms in total. The van der Waals surface area contributed by atoms with Gasteiger partial charge in [0, 0.05) is 36.6 Å². The summed E-state index contributed by atoms with van der Waals surface area (Å²) in [6, 6.07) is 2.45. The van der Waals surface area contributed by atoms with Crippen molar-refractivity contribution in [2.75, 3.05) is 19.8 Å². The number of ether oxygens (including phenoxy) is 2. The largest absolute Gasteiger partial charge is 0.493 e. The summed E-state index contributed by atoms with van der Waals surface area (Å²) < 4.78 is 11.6. The van der Waals surface area contributed by atoms with Crippen LogP contribution in [0.4, 0.5) is 0 Å². The molecule has 22 heavy (non-hydrogen) atoms. The molecule has 0 aliphatic carbocycles. The summed E-state index contributed by atoms with van der Waals surface area (Å²) in [4.78, 5) is 15.4. The number of carbonyl (C=O) groups excluding carboxylic acids is 1. The zero-order chi connectivity index (χ0) is 15.1. The third-order valence-corrected chi connectivity index (χ3v) is 5.22. The standard InChI is InChI=1S/C18H23NO3/c1-2-13-5-3-4-8-19(13)18(20)16-14-7-10-21-15(14)11-12-6-9-22-17(12)16/h11,13H,2-10H2,1H3. The fourth-order valence-corrected chi connectivity index (χ4v) is 4.05. The molecule has 118 valence electrons. The van der Waals surface area contributed by atoms with Crippen LogP contribution in [0.5, 0.6) is 11.5 Å². The number of amides is 1. The highest BCUT2D eigenvalue weighted by Crippen LogP contribution is 2.41. The van der Waals surface area contributed by atoms with E-state index in [1.807, 2.05) is 0 Å². The lowest BCUT2D eigenvalue weighted by Gasteiger charge is -2.36. The van der Waals surface area contributed by atoms with Gasteiger partial charge in [0.2, 0.25) is 0 Å². The van der Waals surface area contributed by atoms with Crippen molar-refractivity contribution in [3.63, 3.8) is 0 Å². The van der Waals surface area contributed by atoms with Gasteiger partial charge in [-0.05, 0) is 31.7 Å². The molecule has 1 aromatic carbocycles. The number of benzene rings is 1. The molecule has 1 unspecified atom stereocenters. The first-order chi connectivity index (χ1) is 10.8. The van der Waals surface area contributed by atoms with Gasteiger partial charge in [0.05, 0.1) is 18.8 Å². The SMILES string of the molecule is CCC1CCCCN1C(=O)c1c2c(cc3c1OCC3)OCC2. The molecule has 0 aromatic heterocycles. The Balaban J connectivity index is 1.77. The van der Waals surface area contributed by atoms with Crippen molar-refractivity contribution in [3.05, 3.63) is 22.8 Å². The Bertz CT molecular complexity index is 579. The number of hydrogen-bond acceptors (Lipinski definition) is 3. The molecule has 3 aliphatic rings. The lowest BCUT2D eigenvalue weighted by Crippen LogP contribution is -2.43. The minimum absolute atomic E-state index is 0.159. The van der Waals surface area contributed by atoms with Gasteiger partial charge in [0.15, 0.2) is 0 Å². The number of nitrogens with zero attached hydrogens (tertiary/aromatic N) is 1. The summed E-state index contributed by atoms with van der Waals surface area (Å²) in [5, 5.41) is 0. The molecule has 4 heteroatoms. The monoisotopic (exact) mass is 301 g/mol. The van der Waals surface area contributed by atoms with Gasteiger partial charge in [-0.25, -0.2) is 0 Å². The maximum atomic E-state index is 13.3. The predicted molar refractivity (Wildman–Crippen MR) is 83.8 cm³/mol. The van der Waals surface area contributed by atoms with Gasteiger partial charge < -0.3 is 14.4 Å². The van der Waals surface area contributed by atoms with Gasteiger partial charge in [-0.15, -0.1) is 0 Å².